The van der Waals surface area contributed by atoms with Gasteiger partial charge in [0.05, 0.1) is 6.61 Å². The number of carbonyl (C=O) groups is 3. The first-order chi connectivity index (χ1) is 17.9. The Hall–Kier alpha value is -2.87. The number of fused-ring (bicyclic) bond motifs is 1. The average molecular weight is 534 g/mol. The number of rotatable bonds is 8. The predicted octanol–water partition coefficient (Wildman–Crippen LogP) is 0.765. The molecule has 0 unspecified atom stereocenters. The number of amides is 3. The second-order valence-electron chi connectivity index (χ2n) is 10.2. The van der Waals surface area contributed by atoms with Gasteiger partial charge in [-0.25, -0.2) is 0 Å². The van der Waals surface area contributed by atoms with Crippen molar-refractivity contribution in [1.82, 2.24) is 16.2 Å². The van der Waals surface area contributed by atoms with Crippen LogP contribution in [0.3, 0.4) is 0 Å². The summed E-state index contributed by atoms with van der Waals surface area (Å²) in [6, 6.07) is 8.29. The van der Waals surface area contributed by atoms with Crippen molar-refractivity contribution in [3.63, 3.8) is 0 Å². The van der Waals surface area contributed by atoms with Crippen LogP contribution >= 0.6 is 0 Å². The molecule has 3 aliphatic heterocycles. The van der Waals surface area contributed by atoms with Gasteiger partial charge < -0.3 is 33.7 Å². The highest BCUT2D eigenvalue weighted by molar-refractivity contribution is 5.94. The van der Waals surface area contributed by atoms with Gasteiger partial charge in [0.25, 0.3) is 11.8 Å². The summed E-state index contributed by atoms with van der Waals surface area (Å²) >= 11 is 0. The van der Waals surface area contributed by atoms with Gasteiger partial charge in [-0.15, -0.1) is 0 Å². The van der Waals surface area contributed by atoms with Gasteiger partial charge in [0.2, 0.25) is 5.91 Å². The molecule has 12 nitrogen and oxygen atoms in total. The Morgan fingerprint density at radius 3 is 2.45 bits per heavy atom. The smallest absolute Gasteiger partial charge is 0.262 e. The molecule has 3 saturated heterocycles. The molecule has 0 saturated carbocycles. The predicted molar refractivity (Wildman–Crippen MR) is 133 cm³/mol. The first-order valence-corrected chi connectivity index (χ1v) is 12.5. The lowest BCUT2D eigenvalue weighted by Crippen LogP contribution is -2.52. The van der Waals surface area contributed by atoms with Crippen LogP contribution in [-0.2, 0) is 42.8 Å². The molecule has 3 heterocycles. The van der Waals surface area contributed by atoms with Crippen LogP contribution in [0.1, 0.15) is 40.2 Å². The summed E-state index contributed by atoms with van der Waals surface area (Å²) in [4.78, 5) is 36.9. The Morgan fingerprint density at radius 1 is 1.03 bits per heavy atom. The van der Waals surface area contributed by atoms with Crippen LogP contribution in [-0.4, -0.2) is 79.3 Å². The van der Waals surface area contributed by atoms with Crippen LogP contribution in [0.5, 0.6) is 0 Å². The van der Waals surface area contributed by atoms with Gasteiger partial charge in [-0.05, 0) is 46.3 Å². The van der Waals surface area contributed by atoms with E-state index >= 15 is 0 Å². The summed E-state index contributed by atoms with van der Waals surface area (Å²) in [6.07, 6.45) is -0.0576. The van der Waals surface area contributed by atoms with E-state index in [1.54, 1.807) is 33.8 Å². The second kappa shape index (κ2) is 11.5. The summed E-state index contributed by atoms with van der Waals surface area (Å²) in [6.45, 7) is 8.55. The highest BCUT2D eigenvalue weighted by Crippen LogP contribution is 2.41. The first-order valence-electron chi connectivity index (χ1n) is 12.5. The van der Waals surface area contributed by atoms with Gasteiger partial charge in [0, 0.05) is 6.08 Å². The van der Waals surface area contributed by atoms with Crippen LogP contribution in [0.15, 0.2) is 36.4 Å². The van der Waals surface area contributed by atoms with E-state index < -0.39 is 66.0 Å². The molecule has 1 aromatic carbocycles. The van der Waals surface area contributed by atoms with E-state index in [9.17, 15) is 14.4 Å². The molecule has 6 atom stereocenters. The van der Waals surface area contributed by atoms with Gasteiger partial charge in [0.1, 0.15) is 37.1 Å². The summed E-state index contributed by atoms with van der Waals surface area (Å²) in [5.74, 6) is -3.30. The highest BCUT2D eigenvalue weighted by atomic mass is 16.8. The van der Waals surface area contributed by atoms with Crippen molar-refractivity contribution in [2.24, 2.45) is 0 Å². The van der Waals surface area contributed by atoms with E-state index in [-0.39, 0.29) is 13.2 Å². The number of carbonyl (C=O) groups excluding carboxylic acids is 3. The third-order valence-electron chi connectivity index (χ3n) is 6.14. The van der Waals surface area contributed by atoms with Crippen LogP contribution < -0.4 is 16.2 Å². The van der Waals surface area contributed by atoms with Crippen LogP contribution in [0.25, 0.3) is 6.08 Å². The maximum Gasteiger partial charge on any atom is 0.262 e. The van der Waals surface area contributed by atoms with Crippen LogP contribution in [0.2, 0.25) is 0 Å². The molecule has 3 N–H and O–H groups in total. The second-order valence-corrected chi connectivity index (χ2v) is 10.2. The molecule has 1 aromatic rings. The van der Waals surface area contributed by atoms with Crippen LogP contribution in [0.4, 0.5) is 0 Å². The summed E-state index contributed by atoms with van der Waals surface area (Å²) in [7, 11) is 0. The lowest BCUT2D eigenvalue weighted by atomic mass is 10.1. The monoisotopic (exact) mass is 533 g/mol. The average Bonchev–Trinajstić information content (AvgIpc) is 3.48. The topological polar surface area (TPSA) is 143 Å². The Labute approximate surface area is 221 Å². The summed E-state index contributed by atoms with van der Waals surface area (Å²) in [5.41, 5.74) is 5.40. The van der Waals surface area contributed by atoms with Crippen LogP contribution in [0, 0.1) is 0 Å². The quantitative estimate of drug-likeness (QED) is 0.326. The molecular weight excluding hydrogens is 498 g/mol. The Kier molecular flexibility index (Phi) is 8.50. The lowest BCUT2D eigenvalue weighted by molar-refractivity contribution is -0.235. The minimum Gasteiger partial charge on any atom is -0.363 e. The zero-order chi connectivity index (χ0) is 27.5. The van der Waals surface area contributed by atoms with E-state index in [1.165, 1.54) is 13.0 Å². The van der Waals surface area contributed by atoms with Crippen molar-refractivity contribution in [1.29, 1.82) is 0 Å². The van der Waals surface area contributed by atoms with E-state index in [0.29, 0.717) is 0 Å². The number of hydrogen-bond donors (Lipinski definition) is 3. The number of hydrogen-bond acceptors (Lipinski definition) is 9. The molecule has 3 amide bonds. The Morgan fingerprint density at radius 2 is 1.76 bits per heavy atom. The van der Waals surface area contributed by atoms with Crippen molar-refractivity contribution in [2.75, 3.05) is 13.2 Å². The fraction of sp³-hybridized carbons (Fsp3) is 0.577. The first kappa shape index (κ1) is 28.1. The zero-order valence-electron chi connectivity index (χ0n) is 22.1. The molecule has 0 aliphatic carbocycles. The normalized spacial score (nSPS) is 30.1. The minimum atomic E-state index is -0.940. The van der Waals surface area contributed by atoms with Gasteiger partial charge in [-0.3, -0.25) is 25.2 Å². The maximum atomic E-state index is 12.6. The van der Waals surface area contributed by atoms with Gasteiger partial charge >= 0.3 is 0 Å². The number of benzene rings is 1. The molecule has 4 rings (SSSR count). The van der Waals surface area contributed by atoms with E-state index in [1.807, 2.05) is 30.3 Å². The van der Waals surface area contributed by atoms with Crippen molar-refractivity contribution >= 4 is 23.8 Å². The molecule has 12 heteroatoms. The highest BCUT2D eigenvalue weighted by Gasteiger charge is 2.59. The Bertz CT molecular complexity index is 1050. The molecule has 3 aliphatic rings. The summed E-state index contributed by atoms with van der Waals surface area (Å²) in [5, 5.41) is 2.54. The number of nitrogens with one attached hydrogen (secondary N) is 3. The van der Waals surface area contributed by atoms with Crippen molar-refractivity contribution in [3.05, 3.63) is 42.0 Å². The fourth-order valence-corrected chi connectivity index (χ4v) is 4.40. The van der Waals surface area contributed by atoms with E-state index in [2.05, 4.69) is 16.2 Å². The molecule has 0 radical (unpaired) electrons. The minimum absolute atomic E-state index is 0.288. The largest absolute Gasteiger partial charge is 0.363 e. The standard InChI is InChI=1S/C26H35N3O9/c1-15(23(32)29-28-18(30)12-11-16-9-7-6-8-10-16)27-19(31)14-33-21-20(17-13-34-25(2,3)36-17)35-24-22(21)37-26(4,5)38-24/h6-12,15,17,20-22,24H,13-14H2,1-5H3,(H,27,31)(H,28,30)(H,29,32)/b12-11+/t15-,17-,20+,21-,22+,24+/m0/s1. The van der Waals surface area contributed by atoms with E-state index in [4.69, 9.17) is 28.4 Å². The molecule has 0 aromatic heterocycles. The molecular formula is C26H35N3O9. The Balaban J connectivity index is 1.25. The van der Waals surface area contributed by atoms with Gasteiger partial charge in [0.15, 0.2) is 17.9 Å². The fourth-order valence-electron chi connectivity index (χ4n) is 4.40. The summed E-state index contributed by atoms with van der Waals surface area (Å²) < 4.78 is 35.4. The lowest BCUT2D eigenvalue weighted by Gasteiger charge is -2.29. The van der Waals surface area contributed by atoms with Crippen molar-refractivity contribution in [3.8, 4) is 0 Å². The molecule has 208 valence electrons. The molecule has 0 bridgehead atoms. The van der Waals surface area contributed by atoms with Gasteiger partial charge in [-0.2, -0.15) is 0 Å². The molecule has 3 fully saturated rings. The van der Waals surface area contributed by atoms with Crippen molar-refractivity contribution < 1.29 is 42.8 Å². The van der Waals surface area contributed by atoms with Crippen molar-refractivity contribution in [2.45, 2.75) is 82.9 Å². The van der Waals surface area contributed by atoms with Gasteiger partial charge in [-0.1, -0.05) is 30.3 Å². The van der Waals surface area contributed by atoms with E-state index in [0.717, 1.165) is 5.56 Å². The maximum absolute atomic E-state index is 12.6. The number of hydrazine groups is 1. The molecule has 0 spiro atoms. The SMILES string of the molecule is C[C@H](NC(=O)CO[C@@H]1[C@H]2OC(C)(C)O[C@H]2O[C@@H]1[C@@H]1COC(C)(C)O1)C(=O)NNC(=O)/C=C/c1ccccc1. The number of ether oxygens (including phenoxy) is 6. The third-order valence-corrected chi connectivity index (χ3v) is 6.14. The third kappa shape index (κ3) is 7.16. The molecule has 38 heavy (non-hydrogen) atoms. The zero-order valence-corrected chi connectivity index (χ0v) is 22.1.